The Balaban J connectivity index is 2.32. The summed E-state index contributed by atoms with van der Waals surface area (Å²) in [6.07, 6.45) is 0. The molecule has 0 aliphatic carbocycles. The molecule has 116 valence electrons. The van der Waals surface area contributed by atoms with Gasteiger partial charge in [-0.05, 0) is 30.4 Å². The summed E-state index contributed by atoms with van der Waals surface area (Å²) in [5.74, 6) is 0.148. The third-order valence-corrected chi connectivity index (χ3v) is 6.85. The summed E-state index contributed by atoms with van der Waals surface area (Å²) in [5, 5.41) is 11.1. The van der Waals surface area contributed by atoms with Gasteiger partial charge >= 0.3 is 0 Å². The van der Waals surface area contributed by atoms with Gasteiger partial charge in [-0.2, -0.15) is 0 Å². The maximum absolute atomic E-state index is 12.6. The zero-order valence-corrected chi connectivity index (χ0v) is 14.6. The van der Waals surface area contributed by atoms with E-state index in [4.69, 9.17) is 5.11 Å². The third kappa shape index (κ3) is 3.73. The van der Waals surface area contributed by atoms with Crippen LogP contribution in [-0.4, -0.2) is 13.5 Å². The highest BCUT2D eigenvalue weighted by Gasteiger charge is 2.26. The van der Waals surface area contributed by atoms with Crippen molar-refractivity contribution in [3.63, 3.8) is 0 Å². The van der Waals surface area contributed by atoms with Gasteiger partial charge in [-0.1, -0.05) is 19.9 Å². The first-order valence-electron chi connectivity index (χ1n) is 6.61. The Labute approximate surface area is 133 Å². The Kier molecular flexibility index (Phi) is 5.21. The fourth-order valence-electron chi connectivity index (χ4n) is 2.09. The van der Waals surface area contributed by atoms with Crippen LogP contribution >= 0.6 is 22.7 Å². The SMILES string of the molecule is Cc1sc(CO)cc1S(=O)(=O)NC(c1cccs1)C(C)C. The first-order chi connectivity index (χ1) is 9.85. The topological polar surface area (TPSA) is 66.4 Å². The summed E-state index contributed by atoms with van der Waals surface area (Å²) in [6.45, 7) is 5.60. The van der Waals surface area contributed by atoms with Crippen LogP contribution in [0.1, 0.15) is 34.5 Å². The number of thiophene rings is 2. The molecule has 4 nitrogen and oxygen atoms in total. The maximum atomic E-state index is 12.6. The van der Waals surface area contributed by atoms with Gasteiger partial charge in [0.25, 0.3) is 0 Å². The summed E-state index contributed by atoms with van der Waals surface area (Å²) >= 11 is 2.85. The third-order valence-electron chi connectivity index (χ3n) is 3.17. The van der Waals surface area contributed by atoms with Crippen LogP contribution in [0.15, 0.2) is 28.5 Å². The predicted molar refractivity (Wildman–Crippen MR) is 87.2 cm³/mol. The van der Waals surface area contributed by atoms with Crippen LogP contribution in [0.3, 0.4) is 0 Å². The molecular formula is C14H19NO3S3. The monoisotopic (exact) mass is 345 g/mol. The quantitative estimate of drug-likeness (QED) is 0.844. The van der Waals surface area contributed by atoms with E-state index in [1.807, 2.05) is 31.4 Å². The van der Waals surface area contributed by atoms with Gasteiger partial charge in [-0.25, -0.2) is 13.1 Å². The molecule has 1 atom stereocenters. The summed E-state index contributed by atoms with van der Waals surface area (Å²) in [6, 6.07) is 5.17. The lowest BCUT2D eigenvalue weighted by atomic mass is 10.0. The van der Waals surface area contributed by atoms with Gasteiger partial charge < -0.3 is 5.11 Å². The van der Waals surface area contributed by atoms with Crippen molar-refractivity contribution in [3.05, 3.63) is 38.2 Å². The second-order valence-electron chi connectivity index (χ2n) is 5.15. The molecule has 21 heavy (non-hydrogen) atoms. The minimum absolute atomic E-state index is 0.139. The number of aryl methyl sites for hydroxylation is 1. The minimum Gasteiger partial charge on any atom is -0.391 e. The van der Waals surface area contributed by atoms with Crippen LogP contribution in [0, 0.1) is 12.8 Å². The highest BCUT2D eigenvalue weighted by molar-refractivity contribution is 7.89. The zero-order chi connectivity index (χ0) is 15.6. The van der Waals surface area contributed by atoms with E-state index < -0.39 is 10.0 Å². The summed E-state index contributed by atoms with van der Waals surface area (Å²) in [4.78, 5) is 2.62. The number of nitrogens with one attached hydrogen (secondary N) is 1. The number of aliphatic hydroxyl groups is 1. The van der Waals surface area contributed by atoms with E-state index >= 15 is 0 Å². The Morgan fingerprint density at radius 2 is 2.10 bits per heavy atom. The Hall–Kier alpha value is -0.730. The minimum atomic E-state index is -3.59. The van der Waals surface area contributed by atoms with E-state index in [-0.39, 0.29) is 23.5 Å². The highest BCUT2D eigenvalue weighted by atomic mass is 32.2. The molecule has 2 heterocycles. The van der Waals surface area contributed by atoms with Crippen molar-refractivity contribution in [1.29, 1.82) is 0 Å². The molecule has 0 fully saturated rings. The van der Waals surface area contributed by atoms with Gasteiger partial charge in [0, 0.05) is 14.6 Å². The molecule has 0 amide bonds. The molecule has 2 aromatic rings. The Bertz CT molecular complexity index is 687. The van der Waals surface area contributed by atoms with Crippen molar-refractivity contribution in [1.82, 2.24) is 4.72 Å². The van der Waals surface area contributed by atoms with Crippen molar-refractivity contribution in [2.45, 2.75) is 38.3 Å². The second-order valence-corrected chi connectivity index (χ2v) is 9.15. The highest BCUT2D eigenvalue weighted by Crippen LogP contribution is 2.30. The number of aliphatic hydroxyl groups excluding tert-OH is 1. The van der Waals surface area contributed by atoms with Crippen LogP contribution in [0.2, 0.25) is 0 Å². The fraction of sp³-hybridized carbons (Fsp3) is 0.429. The van der Waals surface area contributed by atoms with Crippen LogP contribution in [0.25, 0.3) is 0 Å². The average molecular weight is 346 g/mol. The van der Waals surface area contributed by atoms with Gasteiger partial charge in [-0.15, -0.1) is 22.7 Å². The summed E-state index contributed by atoms with van der Waals surface area (Å²) in [7, 11) is -3.59. The van der Waals surface area contributed by atoms with Crippen molar-refractivity contribution in [3.8, 4) is 0 Å². The molecule has 0 aliphatic rings. The van der Waals surface area contributed by atoms with Gasteiger partial charge in [0.1, 0.15) is 0 Å². The molecule has 0 spiro atoms. The molecule has 7 heteroatoms. The Morgan fingerprint density at radius 3 is 2.57 bits per heavy atom. The number of rotatable bonds is 6. The summed E-state index contributed by atoms with van der Waals surface area (Å²) < 4.78 is 28.0. The summed E-state index contributed by atoms with van der Waals surface area (Å²) in [5.41, 5.74) is 0. The van der Waals surface area contributed by atoms with Crippen LogP contribution in [0.4, 0.5) is 0 Å². The molecule has 0 saturated heterocycles. The molecule has 2 aromatic heterocycles. The van der Waals surface area contributed by atoms with Gasteiger partial charge in [-0.3, -0.25) is 0 Å². The molecular weight excluding hydrogens is 326 g/mol. The molecule has 0 radical (unpaired) electrons. The molecule has 0 saturated carbocycles. The molecule has 2 rings (SSSR count). The van der Waals surface area contributed by atoms with E-state index in [1.54, 1.807) is 24.3 Å². The van der Waals surface area contributed by atoms with E-state index in [1.165, 1.54) is 11.3 Å². The lowest BCUT2D eigenvalue weighted by Crippen LogP contribution is -2.31. The van der Waals surface area contributed by atoms with E-state index in [2.05, 4.69) is 4.72 Å². The fourth-order valence-corrected chi connectivity index (χ4v) is 5.97. The smallest absolute Gasteiger partial charge is 0.242 e. The van der Waals surface area contributed by atoms with Crippen molar-refractivity contribution >= 4 is 32.7 Å². The first kappa shape index (κ1) is 16.6. The van der Waals surface area contributed by atoms with Crippen LogP contribution in [-0.2, 0) is 16.6 Å². The molecule has 0 aliphatic heterocycles. The average Bonchev–Trinajstić information content (AvgIpc) is 3.04. The van der Waals surface area contributed by atoms with Gasteiger partial charge in [0.15, 0.2) is 0 Å². The number of hydrogen-bond donors (Lipinski definition) is 2. The van der Waals surface area contributed by atoms with E-state index in [0.717, 1.165) is 4.88 Å². The number of hydrogen-bond acceptors (Lipinski definition) is 5. The number of sulfonamides is 1. The van der Waals surface area contributed by atoms with Crippen molar-refractivity contribution in [2.75, 3.05) is 0 Å². The lowest BCUT2D eigenvalue weighted by Gasteiger charge is -2.21. The van der Waals surface area contributed by atoms with E-state index in [9.17, 15) is 8.42 Å². The normalized spacial score (nSPS) is 13.8. The molecule has 1 unspecified atom stereocenters. The zero-order valence-electron chi connectivity index (χ0n) is 12.2. The van der Waals surface area contributed by atoms with Crippen molar-refractivity contribution in [2.24, 2.45) is 5.92 Å². The van der Waals surface area contributed by atoms with Crippen LogP contribution in [0.5, 0.6) is 0 Å². The first-order valence-corrected chi connectivity index (χ1v) is 9.79. The predicted octanol–water partition coefficient (Wildman–Crippen LogP) is 3.29. The van der Waals surface area contributed by atoms with Gasteiger partial charge in [0.05, 0.1) is 17.5 Å². The molecule has 2 N–H and O–H groups in total. The molecule has 0 bridgehead atoms. The Morgan fingerprint density at radius 1 is 1.38 bits per heavy atom. The maximum Gasteiger partial charge on any atom is 0.242 e. The largest absolute Gasteiger partial charge is 0.391 e. The molecule has 0 aromatic carbocycles. The second kappa shape index (κ2) is 6.58. The van der Waals surface area contributed by atoms with E-state index in [0.29, 0.717) is 9.75 Å². The lowest BCUT2D eigenvalue weighted by molar-refractivity contribution is 0.285. The van der Waals surface area contributed by atoms with Crippen LogP contribution < -0.4 is 4.72 Å². The standard InChI is InChI=1S/C14H19NO3S3/c1-9(2)14(12-5-4-6-19-12)15-21(17,18)13-7-11(8-16)20-10(13)3/h4-7,9,14-16H,8H2,1-3H3. The van der Waals surface area contributed by atoms with Crippen molar-refractivity contribution < 1.29 is 13.5 Å². The van der Waals surface area contributed by atoms with Gasteiger partial charge in [0.2, 0.25) is 10.0 Å².